The molecule has 0 aliphatic carbocycles. The van der Waals surface area contributed by atoms with Gasteiger partial charge < -0.3 is 10.8 Å². The van der Waals surface area contributed by atoms with Crippen LogP contribution in [0.2, 0.25) is 0 Å². The third-order valence-electron chi connectivity index (χ3n) is 1.48. The second-order valence-electron chi connectivity index (χ2n) is 2.53. The monoisotopic (exact) mass is 161 g/mol. The van der Waals surface area contributed by atoms with E-state index in [9.17, 15) is 5.11 Å². The SMILES string of the molecule is Cc1ccc(O)c(C#CCN)c1. The Morgan fingerprint density at radius 3 is 2.92 bits per heavy atom. The lowest BCUT2D eigenvalue weighted by Gasteiger charge is -1.97. The average molecular weight is 161 g/mol. The summed E-state index contributed by atoms with van der Waals surface area (Å²) in [5.41, 5.74) is 6.93. The fourth-order valence-corrected chi connectivity index (χ4v) is 0.896. The van der Waals surface area contributed by atoms with E-state index in [0.29, 0.717) is 12.1 Å². The average Bonchev–Trinajstić information content (AvgIpc) is 2.07. The number of hydrogen-bond donors (Lipinski definition) is 2. The highest BCUT2D eigenvalue weighted by molar-refractivity contribution is 5.47. The molecule has 0 unspecified atom stereocenters. The molecule has 3 N–H and O–H groups in total. The van der Waals surface area contributed by atoms with E-state index in [1.54, 1.807) is 6.07 Å². The van der Waals surface area contributed by atoms with Gasteiger partial charge in [-0.25, -0.2) is 0 Å². The molecule has 1 aromatic carbocycles. The van der Waals surface area contributed by atoms with Crippen LogP contribution in [0.3, 0.4) is 0 Å². The summed E-state index contributed by atoms with van der Waals surface area (Å²) in [7, 11) is 0. The standard InChI is InChI=1S/C10H11NO/c1-8-4-5-10(12)9(7-8)3-2-6-11/h4-5,7,12H,6,11H2,1H3. The summed E-state index contributed by atoms with van der Waals surface area (Å²) in [6.45, 7) is 2.26. The first-order valence-corrected chi connectivity index (χ1v) is 3.72. The second-order valence-corrected chi connectivity index (χ2v) is 2.53. The number of phenolic OH excluding ortho intramolecular Hbond substituents is 1. The zero-order chi connectivity index (χ0) is 8.97. The van der Waals surface area contributed by atoms with Crippen LogP contribution in [0.1, 0.15) is 11.1 Å². The zero-order valence-corrected chi connectivity index (χ0v) is 6.96. The van der Waals surface area contributed by atoms with E-state index in [1.165, 1.54) is 0 Å². The molecule has 0 spiro atoms. The maximum Gasteiger partial charge on any atom is 0.131 e. The van der Waals surface area contributed by atoms with E-state index < -0.39 is 0 Å². The summed E-state index contributed by atoms with van der Waals surface area (Å²) in [5.74, 6) is 5.69. The van der Waals surface area contributed by atoms with Crippen molar-refractivity contribution in [2.24, 2.45) is 5.73 Å². The Morgan fingerprint density at radius 2 is 2.25 bits per heavy atom. The van der Waals surface area contributed by atoms with Crippen LogP contribution in [0.25, 0.3) is 0 Å². The Kier molecular flexibility index (Phi) is 2.73. The second kappa shape index (κ2) is 3.80. The van der Waals surface area contributed by atoms with E-state index in [-0.39, 0.29) is 5.75 Å². The van der Waals surface area contributed by atoms with Crippen LogP contribution < -0.4 is 5.73 Å². The van der Waals surface area contributed by atoms with Gasteiger partial charge in [0.15, 0.2) is 0 Å². The van der Waals surface area contributed by atoms with Crippen molar-refractivity contribution < 1.29 is 5.11 Å². The van der Waals surface area contributed by atoms with Gasteiger partial charge >= 0.3 is 0 Å². The lowest BCUT2D eigenvalue weighted by molar-refractivity contribution is 0.473. The highest BCUT2D eigenvalue weighted by atomic mass is 16.3. The van der Waals surface area contributed by atoms with E-state index in [0.717, 1.165) is 5.56 Å². The van der Waals surface area contributed by atoms with Crippen LogP contribution in [0, 0.1) is 18.8 Å². The Bertz CT molecular complexity index is 333. The number of hydrogen-bond acceptors (Lipinski definition) is 2. The summed E-state index contributed by atoms with van der Waals surface area (Å²) in [5, 5.41) is 9.32. The molecular formula is C10H11NO. The summed E-state index contributed by atoms with van der Waals surface area (Å²) in [4.78, 5) is 0. The van der Waals surface area contributed by atoms with E-state index >= 15 is 0 Å². The largest absolute Gasteiger partial charge is 0.507 e. The van der Waals surface area contributed by atoms with Crippen molar-refractivity contribution >= 4 is 0 Å². The molecule has 0 saturated carbocycles. The molecule has 0 bridgehead atoms. The molecular weight excluding hydrogens is 150 g/mol. The van der Waals surface area contributed by atoms with E-state index in [4.69, 9.17) is 5.73 Å². The van der Waals surface area contributed by atoms with Crippen molar-refractivity contribution in [3.63, 3.8) is 0 Å². The highest BCUT2D eigenvalue weighted by Crippen LogP contribution is 2.16. The smallest absolute Gasteiger partial charge is 0.131 e. The first-order valence-electron chi connectivity index (χ1n) is 3.72. The van der Waals surface area contributed by atoms with Gasteiger partial charge in [-0.05, 0) is 24.6 Å². The molecule has 2 nitrogen and oxygen atoms in total. The van der Waals surface area contributed by atoms with Crippen LogP contribution in [0.4, 0.5) is 0 Å². The van der Waals surface area contributed by atoms with Gasteiger partial charge in [-0.15, -0.1) is 0 Å². The molecule has 62 valence electrons. The molecule has 0 heterocycles. The lowest BCUT2D eigenvalue weighted by atomic mass is 10.1. The van der Waals surface area contributed by atoms with Gasteiger partial charge in [-0.1, -0.05) is 17.9 Å². The Labute approximate surface area is 72.0 Å². The van der Waals surface area contributed by atoms with Crippen molar-refractivity contribution in [2.45, 2.75) is 6.92 Å². The predicted molar refractivity (Wildman–Crippen MR) is 48.8 cm³/mol. The van der Waals surface area contributed by atoms with E-state index in [2.05, 4.69) is 11.8 Å². The number of nitrogens with two attached hydrogens (primary N) is 1. The number of benzene rings is 1. The summed E-state index contributed by atoms with van der Waals surface area (Å²) in [6.07, 6.45) is 0. The number of rotatable bonds is 0. The minimum atomic E-state index is 0.210. The van der Waals surface area contributed by atoms with Gasteiger partial charge in [0.05, 0.1) is 12.1 Å². The van der Waals surface area contributed by atoms with Gasteiger partial charge in [-0.3, -0.25) is 0 Å². The molecule has 2 heteroatoms. The summed E-state index contributed by atoms with van der Waals surface area (Å²) >= 11 is 0. The fourth-order valence-electron chi connectivity index (χ4n) is 0.896. The van der Waals surface area contributed by atoms with Crippen LogP contribution >= 0.6 is 0 Å². The van der Waals surface area contributed by atoms with Gasteiger partial charge in [0.1, 0.15) is 5.75 Å². The normalized spacial score (nSPS) is 8.83. The summed E-state index contributed by atoms with van der Waals surface area (Å²) in [6, 6.07) is 5.30. The molecule has 0 fully saturated rings. The predicted octanol–water partition coefficient (Wildman–Crippen LogP) is 1.01. The Hall–Kier alpha value is -1.46. The molecule has 0 aromatic heterocycles. The summed E-state index contributed by atoms with van der Waals surface area (Å²) < 4.78 is 0. The van der Waals surface area contributed by atoms with Gasteiger partial charge in [0.25, 0.3) is 0 Å². The quantitative estimate of drug-likeness (QED) is 0.558. The zero-order valence-electron chi connectivity index (χ0n) is 6.96. The van der Waals surface area contributed by atoms with Crippen LogP contribution in [-0.4, -0.2) is 11.7 Å². The fraction of sp³-hybridized carbons (Fsp3) is 0.200. The van der Waals surface area contributed by atoms with Crippen molar-refractivity contribution in [1.29, 1.82) is 0 Å². The topological polar surface area (TPSA) is 46.2 Å². The van der Waals surface area contributed by atoms with Crippen LogP contribution in [-0.2, 0) is 0 Å². The van der Waals surface area contributed by atoms with Crippen LogP contribution in [0.15, 0.2) is 18.2 Å². The number of aryl methyl sites for hydroxylation is 1. The molecule has 0 radical (unpaired) electrons. The van der Waals surface area contributed by atoms with Crippen molar-refractivity contribution in [1.82, 2.24) is 0 Å². The molecule has 0 aliphatic heterocycles. The molecule has 1 aromatic rings. The minimum Gasteiger partial charge on any atom is -0.507 e. The molecule has 0 aliphatic rings. The molecule has 0 atom stereocenters. The molecule has 0 amide bonds. The van der Waals surface area contributed by atoms with Gasteiger partial charge in [0, 0.05) is 0 Å². The van der Waals surface area contributed by atoms with Crippen LogP contribution in [0.5, 0.6) is 5.75 Å². The Morgan fingerprint density at radius 1 is 1.50 bits per heavy atom. The first kappa shape index (κ1) is 8.63. The lowest BCUT2D eigenvalue weighted by Crippen LogP contribution is -1.93. The number of phenols is 1. The highest BCUT2D eigenvalue weighted by Gasteiger charge is 1.95. The van der Waals surface area contributed by atoms with Gasteiger partial charge in [0.2, 0.25) is 0 Å². The van der Waals surface area contributed by atoms with E-state index in [1.807, 2.05) is 19.1 Å². The molecule has 12 heavy (non-hydrogen) atoms. The maximum atomic E-state index is 9.32. The minimum absolute atomic E-state index is 0.210. The van der Waals surface area contributed by atoms with Crippen molar-refractivity contribution in [3.05, 3.63) is 29.3 Å². The third kappa shape index (κ3) is 2.01. The Balaban J connectivity index is 3.05. The maximum absolute atomic E-state index is 9.32. The molecule has 1 rings (SSSR count). The van der Waals surface area contributed by atoms with Crippen molar-refractivity contribution in [2.75, 3.05) is 6.54 Å². The van der Waals surface area contributed by atoms with Crippen molar-refractivity contribution in [3.8, 4) is 17.6 Å². The van der Waals surface area contributed by atoms with Gasteiger partial charge in [-0.2, -0.15) is 0 Å². The first-order chi connectivity index (χ1) is 5.74. The molecule has 0 saturated heterocycles. The number of aromatic hydroxyl groups is 1. The third-order valence-corrected chi connectivity index (χ3v) is 1.48.